The van der Waals surface area contributed by atoms with Gasteiger partial charge in [-0.05, 0) is 63.0 Å². The summed E-state index contributed by atoms with van der Waals surface area (Å²) in [5.74, 6) is 2.19. The highest BCUT2D eigenvalue weighted by atomic mass is 16.5. The second kappa shape index (κ2) is 8.29. The van der Waals surface area contributed by atoms with E-state index in [1.54, 1.807) is 18.2 Å². The maximum Gasteiger partial charge on any atom is 0.231 e. The third-order valence-corrected chi connectivity index (χ3v) is 5.68. The van der Waals surface area contributed by atoms with Crippen molar-refractivity contribution in [2.75, 3.05) is 19.7 Å². The van der Waals surface area contributed by atoms with Crippen LogP contribution in [-0.4, -0.2) is 35.5 Å². The van der Waals surface area contributed by atoms with Gasteiger partial charge in [-0.15, -0.1) is 0 Å². The third-order valence-electron chi connectivity index (χ3n) is 5.68. The number of aromatic hydroxyl groups is 1. The summed E-state index contributed by atoms with van der Waals surface area (Å²) in [4.78, 5) is 15.3. The zero-order valence-electron chi connectivity index (χ0n) is 17.0. The number of Topliss-reactive ketones (excluding diaryl/α,β-unsaturated/α-hetero) is 1. The SMILES string of the molecule is CCOc1ccccc1/C=C1\Oc2c(ccc(O)c2CN2CCC(C)CC2)C1=O. The topological polar surface area (TPSA) is 59.0 Å². The van der Waals surface area contributed by atoms with Gasteiger partial charge in [0.05, 0.1) is 17.7 Å². The summed E-state index contributed by atoms with van der Waals surface area (Å²) in [7, 11) is 0. The first-order valence-electron chi connectivity index (χ1n) is 10.3. The van der Waals surface area contributed by atoms with E-state index in [4.69, 9.17) is 9.47 Å². The van der Waals surface area contributed by atoms with E-state index in [0.29, 0.717) is 35.8 Å². The van der Waals surface area contributed by atoms with Crippen LogP contribution in [0.3, 0.4) is 0 Å². The Labute approximate surface area is 171 Å². The van der Waals surface area contributed by atoms with Gasteiger partial charge in [0, 0.05) is 12.1 Å². The molecule has 5 nitrogen and oxygen atoms in total. The van der Waals surface area contributed by atoms with Gasteiger partial charge in [0.15, 0.2) is 5.76 Å². The lowest BCUT2D eigenvalue weighted by Gasteiger charge is -2.30. The number of allylic oxidation sites excluding steroid dienone is 1. The number of hydrogen-bond donors (Lipinski definition) is 1. The molecule has 0 saturated carbocycles. The molecule has 2 aromatic rings. The molecule has 2 aliphatic rings. The number of nitrogens with zero attached hydrogens (tertiary/aromatic N) is 1. The van der Waals surface area contributed by atoms with Gasteiger partial charge in [0.25, 0.3) is 0 Å². The van der Waals surface area contributed by atoms with Crippen LogP contribution in [0.25, 0.3) is 6.08 Å². The summed E-state index contributed by atoms with van der Waals surface area (Å²) >= 11 is 0. The highest BCUT2D eigenvalue weighted by molar-refractivity contribution is 6.15. The summed E-state index contributed by atoms with van der Waals surface area (Å²) in [6, 6.07) is 10.8. The smallest absolute Gasteiger partial charge is 0.231 e. The number of likely N-dealkylation sites (tertiary alicyclic amines) is 1. The van der Waals surface area contributed by atoms with Crippen LogP contribution >= 0.6 is 0 Å². The molecular weight excluding hydrogens is 366 g/mol. The number of rotatable bonds is 5. The molecule has 29 heavy (non-hydrogen) atoms. The Balaban J connectivity index is 1.63. The molecule has 0 radical (unpaired) electrons. The summed E-state index contributed by atoms with van der Waals surface area (Å²) in [6.45, 7) is 7.30. The van der Waals surface area contributed by atoms with E-state index in [2.05, 4.69) is 11.8 Å². The summed E-state index contributed by atoms with van der Waals surface area (Å²) < 4.78 is 11.7. The molecule has 2 heterocycles. The van der Waals surface area contributed by atoms with E-state index in [9.17, 15) is 9.90 Å². The highest BCUT2D eigenvalue weighted by Crippen LogP contribution is 2.41. The van der Waals surface area contributed by atoms with Crippen LogP contribution in [0.2, 0.25) is 0 Å². The molecular formula is C24H27NO4. The lowest BCUT2D eigenvalue weighted by atomic mass is 9.98. The van der Waals surface area contributed by atoms with Crippen molar-refractivity contribution in [3.05, 3.63) is 58.8 Å². The fourth-order valence-electron chi connectivity index (χ4n) is 3.92. The number of phenolic OH excluding ortho intramolecular Hbond substituents is 1. The van der Waals surface area contributed by atoms with E-state index in [1.807, 2.05) is 31.2 Å². The van der Waals surface area contributed by atoms with Crippen molar-refractivity contribution in [1.82, 2.24) is 4.90 Å². The zero-order valence-corrected chi connectivity index (χ0v) is 17.0. The van der Waals surface area contributed by atoms with Crippen LogP contribution in [0.4, 0.5) is 0 Å². The maximum absolute atomic E-state index is 12.9. The van der Waals surface area contributed by atoms with Gasteiger partial charge < -0.3 is 14.6 Å². The van der Waals surface area contributed by atoms with Gasteiger partial charge >= 0.3 is 0 Å². The lowest BCUT2D eigenvalue weighted by molar-refractivity contribution is 0.101. The Morgan fingerprint density at radius 2 is 1.97 bits per heavy atom. The van der Waals surface area contributed by atoms with E-state index >= 15 is 0 Å². The molecule has 5 heteroatoms. The van der Waals surface area contributed by atoms with E-state index in [1.165, 1.54) is 0 Å². The van der Waals surface area contributed by atoms with Crippen LogP contribution in [-0.2, 0) is 6.54 Å². The summed E-state index contributed by atoms with van der Waals surface area (Å²) in [6.07, 6.45) is 4.01. The fraction of sp³-hybridized carbons (Fsp3) is 0.375. The zero-order chi connectivity index (χ0) is 20.4. The molecule has 152 valence electrons. The molecule has 2 aliphatic heterocycles. The number of carbonyl (C=O) groups excluding carboxylic acids is 1. The van der Waals surface area contributed by atoms with Crippen molar-refractivity contribution in [1.29, 1.82) is 0 Å². The normalized spacial score (nSPS) is 18.7. The molecule has 2 aromatic carbocycles. The molecule has 0 unspecified atom stereocenters. The van der Waals surface area contributed by atoms with Crippen LogP contribution in [0, 0.1) is 5.92 Å². The molecule has 1 fully saturated rings. The number of ketones is 1. The van der Waals surface area contributed by atoms with Crippen LogP contribution < -0.4 is 9.47 Å². The van der Waals surface area contributed by atoms with Gasteiger partial charge in [-0.1, -0.05) is 25.1 Å². The molecule has 1 saturated heterocycles. The fourth-order valence-corrected chi connectivity index (χ4v) is 3.92. The minimum absolute atomic E-state index is 0.167. The molecule has 0 atom stereocenters. The van der Waals surface area contributed by atoms with Crippen molar-refractivity contribution in [2.24, 2.45) is 5.92 Å². The third kappa shape index (κ3) is 4.01. The van der Waals surface area contributed by atoms with Crippen LogP contribution in [0.5, 0.6) is 17.2 Å². The maximum atomic E-state index is 12.9. The summed E-state index contributed by atoms with van der Waals surface area (Å²) in [5.41, 5.74) is 1.98. The van der Waals surface area contributed by atoms with E-state index in [-0.39, 0.29) is 17.3 Å². The summed E-state index contributed by atoms with van der Waals surface area (Å²) in [5, 5.41) is 10.5. The van der Waals surface area contributed by atoms with E-state index < -0.39 is 0 Å². The van der Waals surface area contributed by atoms with Gasteiger partial charge in [-0.3, -0.25) is 9.69 Å². The van der Waals surface area contributed by atoms with Crippen molar-refractivity contribution in [3.63, 3.8) is 0 Å². The largest absolute Gasteiger partial charge is 0.507 e. The van der Waals surface area contributed by atoms with Gasteiger partial charge in [-0.25, -0.2) is 0 Å². The number of fused-ring (bicyclic) bond motifs is 1. The van der Waals surface area contributed by atoms with Gasteiger partial charge in [0.2, 0.25) is 5.78 Å². The molecule has 0 amide bonds. The molecule has 0 spiro atoms. The Kier molecular flexibility index (Phi) is 5.58. The first-order chi connectivity index (χ1) is 14.1. The number of benzene rings is 2. The lowest BCUT2D eigenvalue weighted by Crippen LogP contribution is -2.32. The number of piperidine rings is 1. The van der Waals surface area contributed by atoms with Crippen molar-refractivity contribution in [3.8, 4) is 17.2 Å². The first kappa shape index (κ1) is 19.5. The molecule has 1 N–H and O–H groups in total. The number of phenols is 1. The molecule has 0 aromatic heterocycles. The Hall–Kier alpha value is -2.79. The number of hydrogen-bond acceptors (Lipinski definition) is 5. The molecule has 0 aliphatic carbocycles. The molecule has 4 rings (SSSR count). The monoisotopic (exact) mass is 393 g/mol. The number of para-hydroxylation sites is 1. The van der Waals surface area contributed by atoms with Crippen LogP contribution in [0.15, 0.2) is 42.2 Å². The second-order valence-corrected chi connectivity index (χ2v) is 7.81. The van der Waals surface area contributed by atoms with Crippen molar-refractivity contribution >= 4 is 11.9 Å². The minimum atomic E-state index is -0.167. The van der Waals surface area contributed by atoms with Gasteiger partial charge in [0.1, 0.15) is 17.2 Å². The predicted molar refractivity (Wildman–Crippen MR) is 112 cm³/mol. The predicted octanol–water partition coefficient (Wildman–Crippen LogP) is 4.64. The van der Waals surface area contributed by atoms with Crippen LogP contribution in [0.1, 0.15) is 48.2 Å². The Morgan fingerprint density at radius 1 is 1.21 bits per heavy atom. The molecule has 0 bridgehead atoms. The van der Waals surface area contributed by atoms with Crippen molar-refractivity contribution in [2.45, 2.75) is 33.2 Å². The van der Waals surface area contributed by atoms with E-state index in [0.717, 1.165) is 37.4 Å². The first-order valence-corrected chi connectivity index (χ1v) is 10.3. The average molecular weight is 393 g/mol. The number of carbonyl (C=O) groups is 1. The average Bonchev–Trinajstić information content (AvgIpc) is 3.03. The second-order valence-electron chi connectivity index (χ2n) is 7.81. The van der Waals surface area contributed by atoms with Gasteiger partial charge in [-0.2, -0.15) is 0 Å². The quantitative estimate of drug-likeness (QED) is 0.750. The Morgan fingerprint density at radius 3 is 2.72 bits per heavy atom. The standard InChI is InChI=1S/C24H27NO4/c1-3-28-21-7-5-4-6-17(21)14-22-23(27)18-8-9-20(26)19(24(18)29-22)15-25-12-10-16(2)11-13-25/h4-9,14,16,26H,3,10-13,15H2,1-2H3/b22-14-. The highest BCUT2D eigenvalue weighted by Gasteiger charge is 2.32. The minimum Gasteiger partial charge on any atom is -0.507 e. The number of ether oxygens (including phenoxy) is 2. The van der Waals surface area contributed by atoms with Crippen molar-refractivity contribution < 1.29 is 19.4 Å². The Bertz CT molecular complexity index is 942.